The summed E-state index contributed by atoms with van der Waals surface area (Å²) in [6.45, 7) is 19.2. The first-order valence-electron chi connectivity index (χ1n) is 24.9. The number of rotatable bonds is 9. The van der Waals surface area contributed by atoms with E-state index in [2.05, 4.69) is 229 Å². The fourth-order valence-corrected chi connectivity index (χ4v) is 9.70. The summed E-state index contributed by atoms with van der Waals surface area (Å²) < 4.78 is 11.8. The Bertz CT molecular complexity index is 3570. The molecule has 70 heavy (non-hydrogen) atoms. The van der Waals surface area contributed by atoms with Crippen LogP contribution in [0, 0.1) is 6.92 Å². The summed E-state index contributed by atoms with van der Waals surface area (Å²) in [7, 11) is 0. The highest BCUT2D eigenvalue weighted by molar-refractivity contribution is 5.99. The van der Waals surface area contributed by atoms with Crippen LogP contribution in [0.15, 0.2) is 194 Å². The van der Waals surface area contributed by atoms with E-state index in [4.69, 9.17) is 9.97 Å². The largest absolute Gasteiger partial charge is 0.507 e. The number of hydrogen-bond acceptors (Lipinski definition) is 3. The Labute approximate surface area is 415 Å². The lowest BCUT2D eigenvalue weighted by molar-refractivity contribution is 0.446. The van der Waals surface area contributed by atoms with E-state index < -0.39 is 5.89 Å². The van der Waals surface area contributed by atoms with Crippen LogP contribution in [0.3, 0.4) is 0 Å². The molecule has 4 heteroatoms. The topological polar surface area (TPSA) is 50.9 Å². The van der Waals surface area contributed by atoms with Gasteiger partial charge in [-0.05, 0) is 134 Å². The van der Waals surface area contributed by atoms with Crippen LogP contribution in [-0.2, 0) is 10.8 Å². The summed E-state index contributed by atoms with van der Waals surface area (Å²) in [5.74, 6) is -0.0931. The average molecular weight is 913 g/mol. The Morgan fingerprint density at radius 2 is 1.10 bits per heavy atom. The summed E-state index contributed by atoms with van der Waals surface area (Å²) in [4.78, 5) is 10.8. The van der Waals surface area contributed by atoms with Gasteiger partial charge in [0.25, 0.3) is 0 Å². The Kier molecular flexibility index (Phi) is 11.6. The van der Waals surface area contributed by atoms with Gasteiger partial charge in [0, 0.05) is 29.8 Å². The number of imidazole rings is 1. The van der Waals surface area contributed by atoms with Gasteiger partial charge in [-0.3, -0.25) is 9.55 Å². The van der Waals surface area contributed by atoms with Crippen LogP contribution in [0.4, 0.5) is 0 Å². The molecule has 10 aromatic rings. The zero-order valence-corrected chi connectivity index (χ0v) is 41.8. The van der Waals surface area contributed by atoms with Crippen LogP contribution in [0.1, 0.15) is 84.9 Å². The van der Waals surface area contributed by atoms with Crippen molar-refractivity contribution in [2.75, 3.05) is 0 Å². The number of aryl methyl sites for hydroxylation is 1. The van der Waals surface area contributed by atoms with E-state index in [-0.39, 0.29) is 16.6 Å². The zero-order chi connectivity index (χ0) is 49.8. The minimum atomic E-state index is -0.933. The van der Waals surface area contributed by atoms with Crippen molar-refractivity contribution in [2.45, 2.75) is 79.0 Å². The molecule has 0 aliphatic heterocycles. The normalized spacial score (nSPS) is 12.3. The standard InChI is InChI=1S/C66H61N3O/c1-42(2)54-40-56(47-24-17-12-18-25-47)61(41-55(54)46-22-15-11-16-23-46)69-60-27-19-26-53(62(60)68-64(69)57-38-52(65(4,5)6)39-58(63(57)70)66(7,8)9)50-34-49(44-20-13-10-14-21-44)35-51(36-50)59-37-48(32-33-67-59)45-30-28-43(3)29-31-45/h10-42,70H,1-9H3/i42D. The number of pyridine rings is 1. The molecule has 0 saturated heterocycles. The van der Waals surface area contributed by atoms with Gasteiger partial charge < -0.3 is 5.11 Å². The summed E-state index contributed by atoms with van der Waals surface area (Å²) >= 11 is 0. The van der Waals surface area contributed by atoms with Crippen LogP contribution in [-0.4, -0.2) is 19.6 Å². The molecule has 8 aromatic carbocycles. The van der Waals surface area contributed by atoms with Crippen LogP contribution < -0.4 is 0 Å². The number of para-hydroxylation sites is 1. The predicted molar refractivity (Wildman–Crippen MR) is 295 cm³/mol. The fraction of sp³-hybridized carbons (Fsp3) is 0.182. The molecule has 0 saturated carbocycles. The summed E-state index contributed by atoms with van der Waals surface area (Å²) in [5.41, 5.74) is 18.9. The quantitative estimate of drug-likeness (QED) is 0.157. The molecule has 346 valence electrons. The third-order valence-electron chi connectivity index (χ3n) is 13.6. The van der Waals surface area contributed by atoms with Crippen molar-refractivity contribution in [3.63, 3.8) is 0 Å². The number of nitrogens with zero attached hydrogens (tertiary/aromatic N) is 3. The monoisotopic (exact) mass is 912 g/mol. The van der Waals surface area contributed by atoms with Gasteiger partial charge in [0.05, 0.1) is 28.0 Å². The summed E-state index contributed by atoms with van der Waals surface area (Å²) in [6.07, 6.45) is 1.90. The minimum absolute atomic E-state index is 0.213. The molecule has 0 fully saturated rings. The van der Waals surface area contributed by atoms with Crippen molar-refractivity contribution in [1.29, 1.82) is 0 Å². The Hall–Kier alpha value is -7.82. The van der Waals surface area contributed by atoms with Gasteiger partial charge in [-0.15, -0.1) is 0 Å². The van der Waals surface area contributed by atoms with E-state index in [1.165, 1.54) is 5.56 Å². The molecule has 10 rings (SSSR count). The fourth-order valence-electron chi connectivity index (χ4n) is 9.70. The molecule has 0 radical (unpaired) electrons. The number of benzene rings is 8. The SMILES string of the molecule is [2H]C(C)(C)c1cc(-c2ccccc2)c(-n2c(-c3cc(C(C)(C)C)cc(C(C)(C)C)c3O)nc3c(-c4cc(-c5ccccc5)cc(-c5cc(-c6ccc(C)cc6)ccn5)c4)cccc32)cc1-c1ccccc1. The van der Waals surface area contributed by atoms with E-state index in [1.54, 1.807) is 0 Å². The second kappa shape index (κ2) is 18.3. The Morgan fingerprint density at radius 3 is 1.73 bits per heavy atom. The van der Waals surface area contributed by atoms with Gasteiger partial charge in [0.2, 0.25) is 0 Å². The molecular weight excluding hydrogens is 851 g/mol. The first-order valence-corrected chi connectivity index (χ1v) is 24.4. The zero-order valence-electron chi connectivity index (χ0n) is 42.8. The van der Waals surface area contributed by atoms with E-state index in [0.717, 1.165) is 100 Å². The smallest absolute Gasteiger partial charge is 0.149 e. The van der Waals surface area contributed by atoms with Gasteiger partial charge in [0.15, 0.2) is 0 Å². The van der Waals surface area contributed by atoms with Crippen molar-refractivity contribution in [1.82, 2.24) is 14.5 Å². The molecule has 0 aliphatic rings. The van der Waals surface area contributed by atoms with Gasteiger partial charge >= 0.3 is 0 Å². The second-order valence-electron chi connectivity index (χ2n) is 21.0. The average Bonchev–Trinajstić information content (AvgIpc) is 3.75. The lowest BCUT2D eigenvalue weighted by atomic mass is 9.79. The first kappa shape index (κ1) is 44.7. The highest BCUT2D eigenvalue weighted by Crippen LogP contribution is 2.47. The number of phenolic OH excluding ortho intramolecular Hbond substituents is 1. The van der Waals surface area contributed by atoms with Crippen LogP contribution in [0.2, 0.25) is 0 Å². The molecule has 2 heterocycles. The van der Waals surface area contributed by atoms with Gasteiger partial charge in [0.1, 0.15) is 11.6 Å². The van der Waals surface area contributed by atoms with Crippen LogP contribution in [0.5, 0.6) is 5.75 Å². The Balaban J connectivity index is 1.32. The predicted octanol–water partition coefficient (Wildman–Crippen LogP) is 17.8. The highest BCUT2D eigenvalue weighted by Gasteiger charge is 2.30. The van der Waals surface area contributed by atoms with Crippen molar-refractivity contribution < 1.29 is 6.48 Å². The van der Waals surface area contributed by atoms with Crippen LogP contribution in [0.25, 0.3) is 95.0 Å². The van der Waals surface area contributed by atoms with E-state index in [9.17, 15) is 6.48 Å². The first-order chi connectivity index (χ1) is 33.9. The maximum atomic E-state index is 12.8. The van der Waals surface area contributed by atoms with Crippen molar-refractivity contribution in [3.8, 4) is 89.7 Å². The molecule has 4 nitrogen and oxygen atoms in total. The Morgan fingerprint density at radius 1 is 0.500 bits per heavy atom. The molecule has 0 spiro atoms. The number of fused-ring (bicyclic) bond motifs is 1. The number of phenols is 1. The van der Waals surface area contributed by atoms with Crippen LogP contribution >= 0.6 is 0 Å². The molecule has 0 aliphatic carbocycles. The maximum absolute atomic E-state index is 12.8. The summed E-state index contributed by atoms with van der Waals surface area (Å²) in [5, 5.41) is 12.8. The highest BCUT2D eigenvalue weighted by atomic mass is 16.3. The maximum Gasteiger partial charge on any atom is 0.149 e. The van der Waals surface area contributed by atoms with Crippen molar-refractivity contribution in [3.05, 3.63) is 217 Å². The van der Waals surface area contributed by atoms with Gasteiger partial charge in [-0.2, -0.15) is 0 Å². The molecule has 0 amide bonds. The van der Waals surface area contributed by atoms with Crippen molar-refractivity contribution >= 4 is 11.0 Å². The molecule has 0 atom stereocenters. The number of aromatic hydroxyl groups is 1. The van der Waals surface area contributed by atoms with E-state index >= 15 is 0 Å². The molecule has 1 N–H and O–H groups in total. The third kappa shape index (κ3) is 8.87. The lowest BCUT2D eigenvalue weighted by Crippen LogP contribution is -2.17. The van der Waals surface area contributed by atoms with E-state index in [0.29, 0.717) is 11.4 Å². The van der Waals surface area contributed by atoms with Gasteiger partial charge in [-0.1, -0.05) is 194 Å². The van der Waals surface area contributed by atoms with Gasteiger partial charge in [-0.25, -0.2) is 4.98 Å². The number of aromatic nitrogens is 3. The van der Waals surface area contributed by atoms with E-state index in [1.807, 2.05) is 32.2 Å². The lowest BCUT2D eigenvalue weighted by Gasteiger charge is -2.28. The molecule has 0 bridgehead atoms. The summed E-state index contributed by atoms with van der Waals surface area (Å²) in [6, 6.07) is 66.2. The number of hydrogen-bond donors (Lipinski definition) is 1. The molecular formula is C66H61N3O. The molecule has 2 aromatic heterocycles. The molecule has 0 unspecified atom stereocenters. The third-order valence-corrected chi connectivity index (χ3v) is 13.6. The second-order valence-corrected chi connectivity index (χ2v) is 21.0. The van der Waals surface area contributed by atoms with Crippen molar-refractivity contribution in [2.24, 2.45) is 0 Å². The minimum Gasteiger partial charge on any atom is -0.507 e.